The Morgan fingerprint density at radius 2 is 1.12 bits per heavy atom. The van der Waals surface area contributed by atoms with Crippen LogP contribution in [0, 0.1) is 17.9 Å². The zero-order valence-corrected chi connectivity index (χ0v) is 22.5. The van der Waals surface area contributed by atoms with Crippen molar-refractivity contribution < 1.29 is 0 Å². The normalized spacial score (nSPS) is 11.3. The van der Waals surface area contributed by atoms with Crippen LogP contribution in [0.4, 0.5) is 5.69 Å². The van der Waals surface area contributed by atoms with E-state index in [2.05, 4.69) is 111 Å². The molecule has 0 aliphatic rings. The van der Waals surface area contributed by atoms with Gasteiger partial charge in [0.1, 0.15) is 0 Å². The Labute approximate surface area is 242 Å². The molecule has 0 atom stereocenters. The summed E-state index contributed by atoms with van der Waals surface area (Å²) in [5.74, 6) is 0. The van der Waals surface area contributed by atoms with Crippen molar-refractivity contribution in [1.29, 1.82) is 5.26 Å². The van der Waals surface area contributed by atoms with Crippen LogP contribution in [0.2, 0.25) is 0 Å². The zero-order valence-electron chi connectivity index (χ0n) is 22.5. The highest BCUT2D eigenvalue weighted by molar-refractivity contribution is 6.17. The number of nitrogens with zero attached hydrogens (tertiary/aromatic N) is 4. The molecule has 2 heterocycles. The Morgan fingerprint density at radius 1 is 0.524 bits per heavy atom. The van der Waals surface area contributed by atoms with E-state index in [1.165, 1.54) is 0 Å². The summed E-state index contributed by atoms with van der Waals surface area (Å²) in [6, 6.07) is 47.9. The van der Waals surface area contributed by atoms with Crippen molar-refractivity contribution in [1.82, 2.24) is 9.13 Å². The predicted octanol–water partition coefficient (Wildman–Crippen LogP) is 9.97. The number of hydrogen-bond donors (Lipinski definition) is 0. The Bertz CT molecular complexity index is 2440. The maximum atomic E-state index is 9.92. The lowest BCUT2D eigenvalue weighted by atomic mass is 9.98. The first-order valence-electron chi connectivity index (χ1n) is 13.8. The van der Waals surface area contributed by atoms with Crippen molar-refractivity contribution in [3.8, 4) is 28.6 Å². The smallest absolute Gasteiger partial charge is 0.188 e. The number of para-hydroxylation sites is 3. The molecular weight excluding hydrogens is 512 g/mol. The minimum atomic E-state index is 0.634. The minimum Gasteiger partial charge on any atom is -0.309 e. The summed E-state index contributed by atoms with van der Waals surface area (Å²) in [6.07, 6.45) is 0. The van der Waals surface area contributed by atoms with E-state index in [1.54, 1.807) is 0 Å². The van der Waals surface area contributed by atoms with Gasteiger partial charge in [-0.2, -0.15) is 5.26 Å². The molecule has 194 valence electrons. The lowest BCUT2D eigenvalue weighted by molar-refractivity contribution is 1.17. The number of benzene rings is 6. The van der Waals surface area contributed by atoms with Crippen LogP contribution in [-0.4, -0.2) is 9.13 Å². The van der Waals surface area contributed by atoms with E-state index in [4.69, 9.17) is 6.57 Å². The van der Waals surface area contributed by atoms with Gasteiger partial charge in [0.15, 0.2) is 5.69 Å². The van der Waals surface area contributed by atoms with Crippen LogP contribution in [0.5, 0.6) is 0 Å². The maximum Gasteiger partial charge on any atom is 0.188 e. The van der Waals surface area contributed by atoms with Crippen molar-refractivity contribution >= 4 is 49.3 Å². The Balaban J connectivity index is 1.51. The average molecular weight is 535 g/mol. The topological polar surface area (TPSA) is 38.0 Å². The monoisotopic (exact) mass is 534 g/mol. The second-order valence-corrected chi connectivity index (χ2v) is 10.4. The fraction of sp³-hybridized carbons (Fsp3) is 0. The number of rotatable bonds is 3. The van der Waals surface area contributed by atoms with Gasteiger partial charge in [-0.25, -0.2) is 4.85 Å². The van der Waals surface area contributed by atoms with Crippen LogP contribution in [0.1, 0.15) is 5.56 Å². The molecular formula is C38H22N4. The minimum absolute atomic E-state index is 0.634. The fourth-order valence-electron chi connectivity index (χ4n) is 6.45. The number of nitriles is 1. The largest absolute Gasteiger partial charge is 0.309 e. The Kier molecular flexibility index (Phi) is 5.22. The second kappa shape index (κ2) is 9.24. The quantitative estimate of drug-likeness (QED) is 0.208. The van der Waals surface area contributed by atoms with Crippen molar-refractivity contribution in [2.45, 2.75) is 0 Å². The molecule has 8 rings (SSSR count). The van der Waals surface area contributed by atoms with Gasteiger partial charge in [0, 0.05) is 27.3 Å². The highest BCUT2D eigenvalue weighted by Crippen LogP contribution is 2.42. The first-order chi connectivity index (χ1) is 20.8. The van der Waals surface area contributed by atoms with Crippen molar-refractivity contribution in [3.05, 3.63) is 150 Å². The van der Waals surface area contributed by atoms with Gasteiger partial charge in [-0.05, 0) is 53.9 Å². The molecule has 0 N–H and O–H groups in total. The van der Waals surface area contributed by atoms with Crippen LogP contribution < -0.4 is 0 Å². The zero-order chi connectivity index (χ0) is 28.2. The second-order valence-electron chi connectivity index (χ2n) is 10.4. The van der Waals surface area contributed by atoms with E-state index in [0.717, 1.165) is 66.1 Å². The molecule has 4 heteroatoms. The molecule has 6 aromatic carbocycles. The standard InChI is InChI=1S/C38H22N4/c1-40-26-21-22-35-31(23-26)29-14-5-8-17-33(29)42(35)37-20-10-19-36-38(37)30-15-6-9-18-34(30)41(36)32-16-7-4-13-28(32)27-12-3-2-11-25(27)24-39/h2-23H. The predicted molar refractivity (Wildman–Crippen MR) is 172 cm³/mol. The van der Waals surface area contributed by atoms with Crippen molar-refractivity contribution in [2.24, 2.45) is 0 Å². The third-order valence-electron chi connectivity index (χ3n) is 8.18. The van der Waals surface area contributed by atoms with Crippen molar-refractivity contribution in [2.75, 3.05) is 0 Å². The molecule has 8 aromatic rings. The maximum absolute atomic E-state index is 9.92. The van der Waals surface area contributed by atoms with E-state index in [0.29, 0.717) is 11.3 Å². The molecule has 4 nitrogen and oxygen atoms in total. The lowest BCUT2D eigenvalue weighted by Gasteiger charge is -2.15. The van der Waals surface area contributed by atoms with Crippen LogP contribution in [0.25, 0.3) is 71.0 Å². The number of aromatic nitrogens is 2. The Hall–Kier alpha value is -6.10. The van der Waals surface area contributed by atoms with E-state index in [1.807, 2.05) is 42.5 Å². The highest BCUT2D eigenvalue weighted by Gasteiger charge is 2.21. The van der Waals surface area contributed by atoms with Crippen LogP contribution in [-0.2, 0) is 0 Å². The fourth-order valence-corrected chi connectivity index (χ4v) is 6.45. The lowest BCUT2D eigenvalue weighted by Crippen LogP contribution is -1.99. The van der Waals surface area contributed by atoms with Crippen LogP contribution in [0.15, 0.2) is 133 Å². The van der Waals surface area contributed by atoms with Crippen molar-refractivity contribution in [3.63, 3.8) is 0 Å². The number of hydrogen-bond acceptors (Lipinski definition) is 1. The van der Waals surface area contributed by atoms with Gasteiger partial charge in [-0.15, -0.1) is 0 Å². The summed E-state index contributed by atoms with van der Waals surface area (Å²) in [5, 5.41) is 14.4. The molecule has 0 saturated carbocycles. The van der Waals surface area contributed by atoms with Crippen LogP contribution >= 0.6 is 0 Å². The van der Waals surface area contributed by atoms with Gasteiger partial charge in [0.2, 0.25) is 0 Å². The molecule has 0 amide bonds. The summed E-state index contributed by atoms with van der Waals surface area (Å²) in [5.41, 5.74) is 9.65. The Morgan fingerprint density at radius 3 is 1.93 bits per heavy atom. The molecule has 2 aromatic heterocycles. The number of fused-ring (bicyclic) bond motifs is 6. The van der Waals surface area contributed by atoms with Gasteiger partial charge in [0.05, 0.1) is 51.6 Å². The molecule has 0 bridgehead atoms. The molecule has 0 saturated heterocycles. The molecule has 42 heavy (non-hydrogen) atoms. The average Bonchev–Trinajstić information content (AvgIpc) is 3.57. The summed E-state index contributed by atoms with van der Waals surface area (Å²) in [4.78, 5) is 3.70. The van der Waals surface area contributed by atoms with Gasteiger partial charge in [-0.3, -0.25) is 0 Å². The molecule has 0 aliphatic carbocycles. The van der Waals surface area contributed by atoms with Gasteiger partial charge >= 0.3 is 0 Å². The van der Waals surface area contributed by atoms with E-state index >= 15 is 0 Å². The SMILES string of the molecule is [C-]#[N+]c1ccc2c(c1)c1ccccc1n2-c1cccc2c1c1ccccc1n2-c1ccccc1-c1ccccc1C#N. The summed E-state index contributed by atoms with van der Waals surface area (Å²) < 4.78 is 4.65. The first kappa shape index (κ1) is 23.8. The summed E-state index contributed by atoms with van der Waals surface area (Å²) >= 11 is 0. The molecule has 0 unspecified atom stereocenters. The third kappa shape index (κ3) is 3.33. The summed E-state index contributed by atoms with van der Waals surface area (Å²) in [7, 11) is 0. The van der Waals surface area contributed by atoms with Gasteiger partial charge < -0.3 is 9.13 Å². The molecule has 0 aliphatic heterocycles. The van der Waals surface area contributed by atoms with E-state index < -0.39 is 0 Å². The highest BCUT2D eigenvalue weighted by atomic mass is 15.0. The van der Waals surface area contributed by atoms with E-state index in [9.17, 15) is 5.26 Å². The summed E-state index contributed by atoms with van der Waals surface area (Å²) in [6.45, 7) is 7.58. The first-order valence-corrected chi connectivity index (χ1v) is 13.8. The van der Waals surface area contributed by atoms with E-state index in [-0.39, 0.29) is 0 Å². The third-order valence-corrected chi connectivity index (χ3v) is 8.18. The van der Waals surface area contributed by atoms with Crippen LogP contribution in [0.3, 0.4) is 0 Å². The van der Waals surface area contributed by atoms with Gasteiger partial charge in [0.25, 0.3) is 0 Å². The molecule has 0 radical (unpaired) electrons. The van der Waals surface area contributed by atoms with Gasteiger partial charge in [-0.1, -0.05) is 84.9 Å². The molecule has 0 spiro atoms. The molecule has 0 fully saturated rings.